The van der Waals surface area contributed by atoms with E-state index < -0.39 is 27.5 Å². The summed E-state index contributed by atoms with van der Waals surface area (Å²) in [7, 11) is -4.14. The van der Waals surface area contributed by atoms with Crippen molar-refractivity contribution < 1.29 is 22.9 Å². The molecule has 0 radical (unpaired) electrons. The van der Waals surface area contributed by atoms with Gasteiger partial charge in [-0.1, -0.05) is 23.8 Å². The summed E-state index contributed by atoms with van der Waals surface area (Å²) in [5.41, 5.74) is 0.832. The third-order valence-corrected chi connectivity index (χ3v) is 5.70. The summed E-state index contributed by atoms with van der Waals surface area (Å²) in [6, 6.07) is 10.2. The molecule has 0 fully saturated rings. The zero-order chi connectivity index (χ0) is 20.2. The van der Waals surface area contributed by atoms with Crippen molar-refractivity contribution in [3.63, 3.8) is 0 Å². The van der Waals surface area contributed by atoms with Gasteiger partial charge in [-0.2, -0.15) is 0 Å². The van der Waals surface area contributed by atoms with E-state index in [4.69, 9.17) is 4.74 Å². The van der Waals surface area contributed by atoms with Crippen LogP contribution in [0.15, 0.2) is 47.4 Å². The Kier molecular flexibility index (Phi) is 6.17. The maximum absolute atomic E-state index is 13.2. The Labute approximate surface area is 157 Å². The average Bonchev–Trinajstić information content (AvgIpc) is 2.60. The Balaban J connectivity index is 2.62. The van der Waals surface area contributed by atoms with Crippen LogP contribution < -0.4 is 4.31 Å². The van der Waals surface area contributed by atoms with Gasteiger partial charge >= 0.3 is 5.97 Å². The SMILES string of the molecule is CCOC(=O)CN(c1cccc([N+](=O)[O-])c1C)S(=O)(=O)c1ccc(C)cc1. The van der Waals surface area contributed by atoms with Gasteiger partial charge in [-0.25, -0.2) is 8.42 Å². The van der Waals surface area contributed by atoms with Gasteiger partial charge < -0.3 is 4.74 Å². The van der Waals surface area contributed by atoms with Gasteiger partial charge in [0.25, 0.3) is 15.7 Å². The highest BCUT2D eigenvalue weighted by Crippen LogP contribution is 2.32. The van der Waals surface area contributed by atoms with Crippen LogP contribution in [0.1, 0.15) is 18.1 Å². The molecule has 27 heavy (non-hydrogen) atoms. The highest BCUT2D eigenvalue weighted by molar-refractivity contribution is 7.92. The fourth-order valence-electron chi connectivity index (χ4n) is 2.54. The van der Waals surface area contributed by atoms with E-state index in [-0.39, 0.29) is 28.4 Å². The number of benzene rings is 2. The molecule has 2 aromatic rings. The van der Waals surface area contributed by atoms with Crippen LogP contribution in [-0.2, 0) is 19.6 Å². The van der Waals surface area contributed by atoms with Gasteiger partial charge in [0.15, 0.2) is 0 Å². The van der Waals surface area contributed by atoms with Crippen LogP contribution in [-0.4, -0.2) is 32.5 Å². The van der Waals surface area contributed by atoms with Gasteiger partial charge in [0.2, 0.25) is 0 Å². The third-order valence-electron chi connectivity index (χ3n) is 3.93. The number of aryl methyl sites for hydroxylation is 1. The topological polar surface area (TPSA) is 107 Å². The van der Waals surface area contributed by atoms with Gasteiger partial charge in [0.1, 0.15) is 6.54 Å². The first kappa shape index (κ1) is 20.4. The number of anilines is 1. The van der Waals surface area contributed by atoms with Crippen molar-refractivity contribution in [2.45, 2.75) is 25.7 Å². The molecule has 0 unspecified atom stereocenters. The van der Waals surface area contributed by atoms with Crippen LogP contribution in [0.4, 0.5) is 11.4 Å². The second kappa shape index (κ2) is 8.17. The zero-order valence-electron chi connectivity index (χ0n) is 15.2. The van der Waals surface area contributed by atoms with Crippen molar-refractivity contribution in [1.82, 2.24) is 0 Å². The number of sulfonamides is 1. The molecule has 0 aliphatic carbocycles. The van der Waals surface area contributed by atoms with E-state index in [1.165, 1.54) is 37.3 Å². The normalized spacial score (nSPS) is 11.1. The van der Waals surface area contributed by atoms with Gasteiger partial charge in [-0.15, -0.1) is 0 Å². The van der Waals surface area contributed by atoms with E-state index >= 15 is 0 Å². The van der Waals surface area contributed by atoms with Crippen LogP contribution in [0.3, 0.4) is 0 Å². The molecular weight excluding hydrogens is 372 g/mol. The molecule has 9 heteroatoms. The van der Waals surface area contributed by atoms with Gasteiger partial charge in [-0.05, 0) is 39.0 Å². The molecule has 0 aliphatic heterocycles. The molecule has 0 atom stereocenters. The largest absolute Gasteiger partial charge is 0.465 e. The lowest BCUT2D eigenvalue weighted by molar-refractivity contribution is -0.385. The molecule has 0 amide bonds. The number of nitro benzene ring substituents is 1. The van der Waals surface area contributed by atoms with Crippen molar-refractivity contribution in [3.8, 4) is 0 Å². The van der Waals surface area contributed by atoms with E-state index in [0.29, 0.717) is 0 Å². The summed E-state index contributed by atoms with van der Waals surface area (Å²) in [6.07, 6.45) is 0. The molecule has 0 aromatic heterocycles. The van der Waals surface area contributed by atoms with E-state index in [2.05, 4.69) is 0 Å². The Morgan fingerprint density at radius 1 is 1.15 bits per heavy atom. The average molecular weight is 392 g/mol. The lowest BCUT2D eigenvalue weighted by Crippen LogP contribution is -2.37. The molecule has 0 heterocycles. The zero-order valence-corrected chi connectivity index (χ0v) is 16.0. The number of nitrogens with zero attached hydrogens (tertiary/aromatic N) is 2. The predicted octanol–water partition coefficient (Wildman–Crippen LogP) is 2.97. The number of esters is 1. The summed E-state index contributed by atoms with van der Waals surface area (Å²) in [5.74, 6) is -0.751. The minimum absolute atomic E-state index is 0.0247. The molecular formula is C18H20N2O6S. The van der Waals surface area contributed by atoms with Crippen LogP contribution in [0.25, 0.3) is 0 Å². The second-order valence-corrected chi connectivity index (χ2v) is 7.67. The lowest BCUT2D eigenvalue weighted by Gasteiger charge is -2.25. The highest BCUT2D eigenvalue weighted by Gasteiger charge is 2.30. The summed E-state index contributed by atoms with van der Waals surface area (Å²) in [4.78, 5) is 22.6. The van der Waals surface area contributed by atoms with Crippen molar-refractivity contribution in [2.75, 3.05) is 17.5 Å². The fraction of sp³-hybridized carbons (Fsp3) is 0.278. The first-order chi connectivity index (χ1) is 12.7. The van der Waals surface area contributed by atoms with Gasteiger partial charge in [0.05, 0.1) is 27.7 Å². The smallest absolute Gasteiger partial charge is 0.326 e. The highest BCUT2D eigenvalue weighted by atomic mass is 32.2. The molecule has 0 spiro atoms. The molecule has 8 nitrogen and oxygen atoms in total. The van der Waals surface area contributed by atoms with E-state index in [0.717, 1.165) is 9.87 Å². The van der Waals surface area contributed by atoms with Crippen molar-refractivity contribution in [3.05, 3.63) is 63.7 Å². The molecule has 144 valence electrons. The van der Waals surface area contributed by atoms with Crippen molar-refractivity contribution >= 4 is 27.4 Å². The Morgan fingerprint density at radius 2 is 1.78 bits per heavy atom. The Bertz CT molecular complexity index is 954. The second-order valence-electron chi connectivity index (χ2n) is 5.81. The van der Waals surface area contributed by atoms with Crippen LogP contribution in [0, 0.1) is 24.0 Å². The first-order valence-electron chi connectivity index (χ1n) is 8.17. The molecule has 2 rings (SSSR count). The molecule has 0 N–H and O–H groups in total. The van der Waals surface area contributed by atoms with Crippen molar-refractivity contribution in [1.29, 1.82) is 0 Å². The van der Waals surface area contributed by atoms with Gasteiger partial charge in [-0.3, -0.25) is 19.2 Å². The quantitative estimate of drug-likeness (QED) is 0.407. The number of ether oxygens (including phenoxy) is 1. The van der Waals surface area contributed by atoms with E-state index in [1.54, 1.807) is 19.1 Å². The van der Waals surface area contributed by atoms with Crippen LogP contribution >= 0.6 is 0 Å². The summed E-state index contributed by atoms with van der Waals surface area (Å²) in [5, 5.41) is 11.2. The van der Waals surface area contributed by atoms with E-state index in [9.17, 15) is 23.3 Å². The summed E-state index contributed by atoms with van der Waals surface area (Å²) < 4.78 is 32.1. The van der Waals surface area contributed by atoms with Crippen LogP contribution in [0.2, 0.25) is 0 Å². The minimum Gasteiger partial charge on any atom is -0.465 e. The van der Waals surface area contributed by atoms with E-state index in [1.807, 2.05) is 6.92 Å². The summed E-state index contributed by atoms with van der Waals surface area (Å²) >= 11 is 0. The number of nitro groups is 1. The lowest BCUT2D eigenvalue weighted by atomic mass is 10.1. The number of hydrogen-bond donors (Lipinski definition) is 0. The third kappa shape index (κ3) is 4.43. The molecule has 2 aromatic carbocycles. The fourth-order valence-corrected chi connectivity index (χ4v) is 4.01. The number of carbonyl (C=O) groups excluding carboxylic acids is 1. The molecule has 0 saturated carbocycles. The number of hydrogen-bond acceptors (Lipinski definition) is 6. The Hall–Kier alpha value is -2.94. The standard InChI is InChI=1S/C18H20N2O6S/c1-4-26-18(21)12-19(16-6-5-7-17(14(16)3)20(22)23)27(24,25)15-10-8-13(2)9-11-15/h5-11H,4,12H2,1-3H3. The predicted molar refractivity (Wildman–Crippen MR) is 100 cm³/mol. The minimum atomic E-state index is -4.14. The first-order valence-corrected chi connectivity index (χ1v) is 9.61. The maximum Gasteiger partial charge on any atom is 0.326 e. The summed E-state index contributed by atoms with van der Waals surface area (Å²) in [6.45, 7) is 4.36. The molecule has 0 aliphatic rings. The van der Waals surface area contributed by atoms with Crippen molar-refractivity contribution in [2.24, 2.45) is 0 Å². The monoisotopic (exact) mass is 392 g/mol. The molecule has 0 saturated heterocycles. The molecule has 0 bridgehead atoms. The maximum atomic E-state index is 13.2. The number of rotatable bonds is 7. The van der Waals surface area contributed by atoms with Gasteiger partial charge in [0, 0.05) is 6.07 Å². The number of carbonyl (C=O) groups is 1. The van der Waals surface area contributed by atoms with Crippen LogP contribution in [0.5, 0.6) is 0 Å². The Morgan fingerprint density at radius 3 is 2.33 bits per heavy atom.